The largest absolute Gasteiger partial charge is 0.258 e. The van der Waals surface area contributed by atoms with Crippen molar-refractivity contribution >= 4 is 26.5 Å². The number of hydrogen-bond donors (Lipinski definition) is 1. The van der Waals surface area contributed by atoms with E-state index in [0.29, 0.717) is 5.13 Å². The molecule has 0 saturated heterocycles. The molecule has 0 aliphatic carbocycles. The third-order valence-electron chi connectivity index (χ3n) is 2.15. The van der Waals surface area contributed by atoms with Crippen molar-refractivity contribution in [3.63, 3.8) is 0 Å². The smallest absolute Gasteiger partial charge is 0.238 e. The van der Waals surface area contributed by atoms with Gasteiger partial charge in [0.15, 0.2) is 5.13 Å². The van der Waals surface area contributed by atoms with Crippen molar-refractivity contribution in [2.45, 2.75) is 12.7 Å². The number of thiazole rings is 1. The van der Waals surface area contributed by atoms with E-state index >= 15 is 0 Å². The molecule has 2 rings (SSSR count). The molecule has 0 fully saturated rings. The number of rotatable bonds is 4. The van der Waals surface area contributed by atoms with Gasteiger partial charge in [-0.2, -0.15) is 0 Å². The third-order valence-corrected chi connectivity index (χ3v) is 4.19. The first-order chi connectivity index (χ1) is 8.05. The second-order valence-corrected chi connectivity index (χ2v) is 6.30. The first-order valence-electron chi connectivity index (χ1n) is 5.01. The minimum atomic E-state index is -3.37. The lowest BCUT2D eigenvalue weighted by molar-refractivity contribution is 0.600. The average molecular weight is 268 g/mol. The van der Waals surface area contributed by atoms with Crippen LogP contribution in [-0.4, -0.2) is 13.4 Å². The fourth-order valence-electron chi connectivity index (χ4n) is 1.35. The quantitative estimate of drug-likeness (QED) is 0.926. The summed E-state index contributed by atoms with van der Waals surface area (Å²) in [5.41, 5.74) is 1.87. The first-order valence-corrected chi connectivity index (χ1v) is 7.54. The van der Waals surface area contributed by atoms with Gasteiger partial charge in [0.1, 0.15) is 0 Å². The van der Waals surface area contributed by atoms with Crippen molar-refractivity contribution in [1.29, 1.82) is 0 Å². The summed E-state index contributed by atoms with van der Waals surface area (Å²) in [5, 5.41) is 2.13. The zero-order chi connectivity index (χ0) is 12.3. The molecule has 90 valence electrons. The van der Waals surface area contributed by atoms with Crippen LogP contribution in [0.25, 0.3) is 0 Å². The molecule has 0 atom stereocenters. The van der Waals surface area contributed by atoms with Crippen molar-refractivity contribution in [2.75, 3.05) is 4.72 Å². The Balaban J connectivity index is 2.09. The van der Waals surface area contributed by atoms with Gasteiger partial charge in [0.05, 0.1) is 5.75 Å². The van der Waals surface area contributed by atoms with Crippen LogP contribution >= 0.6 is 11.3 Å². The summed E-state index contributed by atoms with van der Waals surface area (Å²) in [5.74, 6) is -0.0349. The Hall–Kier alpha value is -1.40. The summed E-state index contributed by atoms with van der Waals surface area (Å²) >= 11 is 1.26. The van der Waals surface area contributed by atoms with E-state index in [2.05, 4.69) is 9.71 Å². The number of aryl methyl sites for hydroxylation is 1. The van der Waals surface area contributed by atoms with Gasteiger partial charge in [-0.1, -0.05) is 29.8 Å². The average Bonchev–Trinajstić information content (AvgIpc) is 2.73. The molecule has 0 saturated carbocycles. The standard InChI is InChI=1S/C11H12N2O2S2/c1-9-2-4-10(5-3-9)8-17(14,15)13-11-12-6-7-16-11/h2-7H,8H2,1H3,(H,12,13). The molecule has 0 unspecified atom stereocenters. The highest BCUT2D eigenvalue weighted by Crippen LogP contribution is 2.15. The number of benzene rings is 1. The molecular formula is C11H12N2O2S2. The van der Waals surface area contributed by atoms with E-state index in [4.69, 9.17) is 0 Å². The van der Waals surface area contributed by atoms with Gasteiger partial charge >= 0.3 is 0 Å². The number of anilines is 1. The highest BCUT2D eigenvalue weighted by Gasteiger charge is 2.12. The van der Waals surface area contributed by atoms with E-state index in [0.717, 1.165) is 11.1 Å². The maximum atomic E-state index is 11.8. The number of hydrogen-bond acceptors (Lipinski definition) is 4. The molecule has 0 radical (unpaired) electrons. The predicted molar refractivity (Wildman–Crippen MR) is 69.5 cm³/mol. The van der Waals surface area contributed by atoms with Gasteiger partial charge in [0.2, 0.25) is 10.0 Å². The van der Waals surface area contributed by atoms with Crippen molar-refractivity contribution in [3.05, 3.63) is 47.0 Å². The van der Waals surface area contributed by atoms with Gasteiger partial charge in [-0.05, 0) is 12.5 Å². The van der Waals surface area contributed by atoms with Crippen molar-refractivity contribution in [2.24, 2.45) is 0 Å². The van der Waals surface area contributed by atoms with Crippen LogP contribution in [0.3, 0.4) is 0 Å². The summed E-state index contributed by atoms with van der Waals surface area (Å²) in [6.07, 6.45) is 1.56. The summed E-state index contributed by atoms with van der Waals surface area (Å²) in [6.45, 7) is 1.96. The normalized spacial score (nSPS) is 11.4. The SMILES string of the molecule is Cc1ccc(CS(=O)(=O)Nc2nccs2)cc1. The zero-order valence-corrected chi connectivity index (χ0v) is 10.9. The van der Waals surface area contributed by atoms with E-state index in [9.17, 15) is 8.42 Å². The summed E-state index contributed by atoms with van der Waals surface area (Å²) < 4.78 is 26.1. The molecule has 0 aliphatic rings. The number of aromatic nitrogens is 1. The third kappa shape index (κ3) is 3.54. The Bertz CT molecular complexity index is 574. The predicted octanol–water partition coefficient (Wildman–Crippen LogP) is 2.39. The Morgan fingerprint density at radius 2 is 2.00 bits per heavy atom. The summed E-state index contributed by atoms with van der Waals surface area (Å²) in [6, 6.07) is 7.43. The maximum Gasteiger partial charge on any atom is 0.238 e. The topological polar surface area (TPSA) is 59.1 Å². The lowest BCUT2D eigenvalue weighted by atomic mass is 10.2. The van der Waals surface area contributed by atoms with Crippen LogP contribution in [0.1, 0.15) is 11.1 Å². The molecule has 1 heterocycles. The number of nitrogens with one attached hydrogen (secondary N) is 1. The van der Waals surface area contributed by atoms with Crippen LogP contribution in [0.15, 0.2) is 35.8 Å². The van der Waals surface area contributed by atoms with Gasteiger partial charge in [-0.25, -0.2) is 13.4 Å². The van der Waals surface area contributed by atoms with E-state index in [1.165, 1.54) is 11.3 Å². The molecule has 6 heteroatoms. The second-order valence-electron chi connectivity index (χ2n) is 3.68. The van der Waals surface area contributed by atoms with Crippen LogP contribution in [0, 0.1) is 6.92 Å². The summed E-state index contributed by atoms with van der Waals surface area (Å²) in [7, 11) is -3.37. The minimum absolute atomic E-state index is 0.0349. The Kier molecular flexibility index (Phi) is 3.44. The molecule has 1 aromatic carbocycles. The Labute approximate surface area is 104 Å². The fraction of sp³-hybridized carbons (Fsp3) is 0.182. The molecule has 4 nitrogen and oxygen atoms in total. The number of sulfonamides is 1. The second kappa shape index (κ2) is 4.85. The Morgan fingerprint density at radius 3 is 2.59 bits per heavy atom. The van der Waals surface area contributed by atoms with Crippen molar-refractivity contribution < 1.29 is 8.42 Å². The molecule has 0 amide bonds. The van der Waals surface area contributed by atoms with Crippen LogP contribution < -0.4 is 4.72 Å². The van der Waals surface area contributed by atoms with Crippen molar-refractivity contribution in [1.82, 2.24) is 4.98 Å². The fourth-order valence-corrected chi connectivity index (χ4v) is 3.31. The van der Waals surface area contributed by atoms with Gasteiger partial charge in [0.25, 0.3) is 0 Å². The highest BCUT2D eigenvalue weighted by molar-refractivity contribution is 7.92. The molecule has 1 N–H and O–H groups in total. The minimum Gasteiger partial charge on any atom is -0.258 e. The van der Waals surface area contributed by atoms with Crippen LogP contribution in [-0.2, 0) is 15.8 Å². The zero-order valence-electron chi connectivity index (χ0n) is 9.25. The monoisotopic (exact) mass is 268 g/mol. The van der Waals surface area contributed by atoms with Gasteiger partial charge in [-0.3, -0.25) is 4.72 Å². The van der Waals surface area contributed by atoms with E-state index < -0.39 is 10.0 Å². The maximum absolute atomic E-state index is 11.8. The van der Waals surface area contributed by atoms with E-state index in [-0.39, 0.29) is 5.75 Å². The first kappa shape index (κ1) is 12.1. The highest BCUT2D eigenvalue weighted by atomic mass is 32.2. The number of nitrogens with zero attached hydrogens (tertiary/aromatic N) is 1. The molecular weight excluding hydrogens is 256 g/mol. The molecule has 0 aliphatic heterocycles. The van der Waals surface area contributed by atoms with E-state index in [1.807, 2.05) is 31.2 Å². The van der Waals surface area contributed by atoms with Gasteiger partial charge in [-0.15, -0.1) is 11.3 Å². The molecule has 1 aromatic heterocycles. The molecule has 0 spiro atoms. The van der Waals surface area contributed by atoms with Gasteiger partial charge in [0, 0.05) is 11.6 Å². The molecule has 17 heavy (non-hydrogen) atoms. The van der Waals surface area contributed by atoms with Crippen molar-refractivity contribution in [3.8, 4) is 0 Å². The van der Waals surface area contributed by atoms with E-state index in [1.54, 1.807) is 11.6 Å². The summed E-state index contributed by atoms with van der Waals surface area (Å²) in [4.78, 5) is 3.89. The van der Waals surface area contributed by atoms with Crippen LogP contribution in [0.5, 0.6) is 0 Å². The molecule has 2 aromatic rings. The molecule has 0 bridgehead atoms. The lowest BCUT2D eigenvalue weighted by Gasteiger charge is -2.05. The van der Waals surface area contributed by atoms with Gasteiger partial charge < -0.3 is 0 Å². The lowest BCUT2D eigenvalue weighted by Crippen LogP contribution is -2.14. The van der Waals surface area contributed by atoms with Crippen LogP contribution in [0.2, 0.25) is 0 Å². The Morgan fingerprint density at radius 1 is 1.29 bits per heavy atom. The van der Waals surface area contributed by atoms with Crippen LogP contribution in [0.4, 0.5) is 5.13 Å².